The third-order valence-corrected chi connectivity index (χ3v) is 10.3. The third-order valence-electron chi connectivity index (χ3n) is 9.95. The van der Waals surface area contributed by atoms with Gasteiger partial charge in [-0.05, 0) is 62.6 Å². The number of anilines is 1. The number of likely N-dealkylation sites (tertiary alicyclic amines) is 2. The van der Waals surface area contributed by atoms with Crippen molar-refractivity contribution in [1.29, 1.82) is 0 Å². The van der Waals surface area contributed by atoms with Gasteiger partial charge in [0.2, 0.25) is 5.91 Å². The quantitative estimate of drug-likeness (QED) is 0.280. The van der Waals surface area contributed by atoms with Gasteiger partial charge in [0.05, 0.1) is 21.7 Å². The standard InChI is InChI=1S/C34H43ClN8O3/c1-3-24-20-23(21-27(35)31(24)36)22-29(32(44)41-12-8-25(9-13-41)40-18-16-39(2)17-19-40)38-33(45)42-14-10-26(11-15-42)43-30-7-5-4-6-28(30)37-34(43)46/h1,4-7,20-21,25-26,29H,8-19,22,36H2,2H3,(H,37,46)(H,38,45)/t29-/m1/s1. The molecule has 0 aliphatic carbocycles. The van der Waals surface area contributed by atoms with Gasteiger partial charge in [-0.2, -0.15) is 0 Å². The van der Waals surface area contributed by atoms with Crippen LogP contribution in [0.4, 0.5) is 10.5 Å². The van der Waals surface area contributed by atoms with Crippen LogP contribution in [0.2, 0.25) is 5.02 Å². The molecule has 3 aliphatic heterocycles. The SMILES string of the molecule is C#Cc1cc(C[C@@H](NC(=O)N2CCC(n3c(=O)[nH]c4ccccc43)CC2)C(=O)N2CCC(N3CCN(C)CC3)CC2)cc(Cl)c1N. The number of para-hydroxylation sites is 2. The Labute approximate surface area is 274 Å². The van der Waals surface area contributed by atoms with Crippen LogP contribution in [-0.4, -0.2) is 113 Å². The first kappa shape index (κ1) is 32.0. The maximum absolute atomic E-state index is 14.1. The maximum atomic E-state index is 14.1. The van der Waals surface area contributed by atoms with Gasteiger partial charge in [0.15, 0.2) is 0 Å². The molecule has 12 heteroatoms. The summed E-state index contributed by atoms with van der Waals surface area (Å²) in [4.78, 5) is 51.9. The molecule has 11 nitrogen and oxygen atoms in total. The van der Waals surface area contributed by atoms with Crippen LogP contribution < -0.4 is 16.7 Å². The van der Waals surface area contributed by atoms with Crippen LogP contribution in [0.15, 0.2) is 41.2 Å². The molecule has 2 aromatic carbocycles. The summed E-state index contributed by atoms with van der Waals surface area (Å²) in [5.41, 5.74) is 9.11. The van der Waals surface area contributed by atoms with Gasteiger partial charge in [0.25, 0.3) is 0 Å². The zero-order chi connectivity index (χ0) is 32.4. The van der Waals surface area contributed by atoms with Crippen LogP contribution in [0.25, 0.3) is 11.0 Å². The molecule has 3 fully saturated rings. The first-order chi connectivity index (χ1) is 22.2. The fourth-order valence-electron chi connectivity index (χ4n) is 7.21. The number of likely N-dealkylation sites (N-methyl/N-ethyl adjacent to an activating group) is 1. The minimum absolute atomic E-state index is 0.0224. The van der Waals surface area contributed by atoms with Crippen molar-refractivity contribution in [2.75, 3.05) is 65.1 Å². The lowest BCUT2D eigenvalue weighted by Crippen LogP contribution is -2.57. The Kier molecular flexibility index (Phi) is 9.59. The molecular formula is C34H43ClN8O3. The summed E-state index contributed by atoms with van der Waals surface area (Å²) in [6, 6.07) is 10.5. The Bertz CT molecular complexity index is 1670. The predicted octanol–water partition coefficient (Wildman–Crippen LogP) is 2.74. The Hall–Kier alpha value is -3.98. The minimum atomic E-state index is -0.799. The van der Waals surface area contributed by atoms with Crippen molar-refractivity contribution in [3.8, 4) is 12.3 Å². The molecule has 1 atom stereocenters. The lowest BCUT2D eigenvalue weighted by molar-refractivity contribution is -0.135. The smallest absolute Gasteiger partial charge is 0.326 e. The number of nitrogens with two attached hydrogens (primary N) is 1. The number of carbonyl (C=O) groups excluding carboxylic acids is 2. The summed E-state index contributed by atoms with van der Waals surface area (Å²) in [6.45, 7) is 6.45. The number of benzene rings is 2. The number of amides is 3. The molecular weight excluding hydrogens is 604 g/mol. The molecule has 3 aromatic rings. The third kappa shape index (κ3) is 6.75. The van der Waals surface area contributed by atoms with Gasteiger partial charge < -0.3 is 30.7 Å². The molecule has 0 bridgehead atoms. The number of nitrogen functional groups attached to an aromatic ring is 1. The lowest BCUT2D eigenvalue weighted by atomic mass is 9.98. The number of piperidine rings is 2. The van der Waals surface area contributed by atoms with E-state index >= 15 is 0 Å². The molecule has 0 unspecified atom stereocenters. The first-order valence-corrected chi connectivity index (χ1v) is 16.6. The fourth-order valence-corrected chi connectivity index (χ4v) is 7.45. The van der Waals surface area contributed by atoms with Crippen LogP contribution in [-0.2, 0) is 11.2 Å². The van der Waals surface area contributed by atoms with Gasteiger partial charge in [0.1, 0.15) is 6.04 Å². The van der Waals surface area contributed by atoms with Crippen molar-refractivity contribution < 1.29 is 9.59 Å². The molecule has 1 aromatic heterocycles. The van der Waals surface area contributed by atoms with Crippen LogP contribution in [0, 0.1) is 12.3 Å². The highest BCUT2D eigenvalue weighted by atomic mass is 35.5. The molecule has 4 N–H and O–H groups in total. The topological polar surface area (TPSA) is 123 Å². The van der Waals surface area contributed by atoms with Crippen LogP contribution in [0.5, 0.6) is 0 Å². The Morgan fingerprint density at radius 2 is 1.65 bits per heavy atom. The van der Waals surface area contributed by atoms with Gasteiger partial charge in [-0.3, -0.25) is 14.3 Å². The second-order valence-electron chi connectivity index (χ2n) is 12.8. The Balaban J connectivity index is 1.14. The maximum Gasteiger partial charge on any atom is 0.326 e. The molecule has 4 heterocycles. The number of urea groups is 1. The van der Waals surface area contributed by atoms with Crippen LogP contribution in [0.3, 0.4) is 0 Å². The van der Waals surface area contributed by atoms with Gasteiger partial charge in [-0.25, -0.2) is 9.59 Å². The van der Waals surface area contributed by atoms with Crippen LogP contribution >= 0.6 is 11.6 Å². The number of nitrogens with one attached hydrogen (secondary N) is 2. The van der Waals surface area contributed by atoms with E-state index in [2.05, 4.69) is 33.1 Å². The summed E-state index contributed by atoms with van der Waals surface area (Å²) in [6.07, 6.45) is 8.99. The largest absolute Gasteiger partial charge is 0.397 e. The van der Waals surface area contributed by atoms with Gasteiger partial charge in [0, 0.05) is 76.4 Å². The lowest BCUT2D eigenvalue weighted by Gasteiger charge is -2.42. The van der Waals surface area contributed by atoms with Gasteiger partial charge in [-0.1, -0.05) is 29.7 Å². The zero-order valence-corrected chi connectivity index (χ0v) is 27.1. The number of hydrogen-bond donors (Lipinski definition) is 3. The average Bonchev–Trinajstić information content (AvgIpc) is 3.41. The number of halogens is 1. The predicted molar refractivity (Wildman–Crippen MR) is 181 cm³/mol. The zero-order valence-electron chi connectivity index (χ0n) is 26.4. The van der Waals surface area contributed by atoms with Crippen molar-refractivity contribution in [1.82, 2.24) is 34.5 Å². The van der Waals surface area contributed by atoms with Crippen molar-refractivity contribution in [2.24, 2.45) is 0 Å². The van der Waals surface area contributed by atoms with E-state index in [4.69, 9.17) is 23.8 Å². The molecule has 6 rings (SSSR count). The van der Waals surface area contributed by atoms with Crippen molar-refractivity contribution in [2.45, 2.75) is 50.2 Å². The summed E-state index contributed by atoms with van der Waals surface area (Å²) in [5, 5.41) is 3.38. The number of H-pyrrole nitrogens is 1. The number of nitrogens with zero attached hydrogens (tertiary/aromatic N) is 5. The normalized spacial score (nSPS) is 19.7. The highest BCUT2D eigenvalue weighted by Crippen LogP contribution is 2.27. The molecule has 0 radical (unpaired) electrons. The number of terminal acetylenes is 1. The molecule has 3 saturated heterocycles. The van der Waals surface area contributed by atoms with E-state index in [1.807, 2.05) is 29.2 Å². The van der Waals surface area contributed by atoms with Gasteiger partial charge >= 0.3 is 11.7 Å². The van der Waals surface area contributed by atoms with Crippen molar-refractivity contribution in [3.05, 3.63) is 63.0 Å². The minimum Gasteiger partial charge on any atom is -0.397 e. The number of hydrogen-bond acceptors (Lipinski definition) is 6. The number of fused-ring (bicyclic) bond motifs is 1. The summed E-state index contributed by atoms with van der Waals surface area (Å²) >= 11 is 6.39. The molecule has 46 heavy (non-hydrogen) atoms. The molecule has 3 amide bonds. The number of aromatic amines is 1. The molecule has 3 aliphatic rings. The van der Waals surface area contributed by atoms with E-state index in [0.717, 1.165) is 55.6 Å². The van der Waals surface area contributed by atoms with Crippen LogP contribution in [0.1, 0.15) is 42.9 Å². The first-order valence-electron chi connectivity index (χ1n) is 16.2. The van der Waals surface area contributed by atoms with E-state index in [0.29, 0.717) is 61.3 Å². The fraction of sp³-hybridized carbons (Fsp3) is 0.500. The molecule has 0 spiro atoms. The summed E-state index contributed by atoms with van der Waals surface area (Å²) < 4.78 is 1.80. The van der Waals surface area contributed by atoms with E-state index in [1.54, 1.807) is 21.6 Å². The van der Waals surface area contributed by atoms with Crippen molar-refractivity contribution >= 4 is 40.3 Å². The molecule has 0 saturated carbocycles. The monoisotopic (exact) mass is 646 g/mol. The Morgan fingerprint density at radius 1 is 1.00 bits per heavy atom. The average molecular weight is 647 g/mol. The number of piperazine rings is 1. The highest BCUT2D eigenvalue weighted by Gasteiger charge is 2.34. The second-order valence-corrected chi connectivity index (χ2v) is 13.2. The van der Waals surface area contributed by atoms with Crippen molar-refractivity contribution in [3.63, 3.8) is 0 Å². The van der Waals surface area contributed by atoms with E-state index in [9.17, 15) is 14.4 Å². The second kappa shape index (κ2) is 13.8. The molecule has 244 valence electrons. The Morgan fingerprint density at radius 3 is 2.35 bits per heavy atom. The summed E-state index contributed by atoms with van der Waals surface area (Å²) in [7, 11) is 2.15. The van der Waals surface area contributed by atoms with E-state index in [-0.39, 0.29) is 30.1 Å². The van der Waals surface area contributed by atoms with E-state index in [1.165, 1.54) is 0 Å². The number of carbonyl (C=O) groups is 2. The van der Waals surface area contributed by atoms with Gasteiger partial charge in [-0.15, -0.1) is 6.42 Å². The number of aromatic nitrogens is 2. The number of rotatable bonds is 6. The highest BCUT2D eigenvalue weighted by molar-refractivity contribution is 6.33. The van der Waals surface area contributed by atoms with E-state index < -0.39 is 6.04 Å². The number of imidazole rings is 1. The summed E-state index contributed by atoms with van der Waals surface area (Å²) in [5.74, 6) is 2.46.